The molecule has 298 valence electrons. The van der Waals surface area contributed by atoms with Gasteiger partial charge in [0.05, 0.1) is 19.2 Å². The van der Waals surface area contributed by atoms with Crippen LogP contribution in [0.2, 0.25) is 10.3 Å². The summed E-state index contributed by atoms with van der Waals surface area (Å²) in [5.74, 6) is 0.720. The molecular formula is C41H50Cl2N8O5. The number of benzene rings is 2. The Morgan fingerprint density at radius 2 is 1.21 bits per heavy atom. The number of carbonyl (C=O) groups is 4. The van der Waals surface area contributed by atoms with Crippen molar-refractivity contribution in [3.05, 3.63) is 70.5 Å². The number of halogens is 2. The smallest absolute Gasteiger partial charge is 0.407 e. The van der Waals surface area contributed by atoms with E-state index in [-0.39, 0.29) is 47.6 Å². The van der Waals surface area contributed by atoms with E-state index >= 15 is 0 Å². The SMILES string of the molecule is COC(=O)NC(C(=O)N1CCCC1c1nc(-c2ccc(-c3ccc(-c4nc(C5CC(C)CN5C(=O)C(NC(C)=O)C(C)C)[nH]c4Cl)cc3)cc2)c(Cl)[nH]1)C(C)C. The zero-order valence-electron chi connectivity index (χ0n) is 32.8. The maximum absolute atomic E-state index is 13.7. The molecule has 4 N–H and O–H groups in total. The predicted molar refractivity (Wildman–Crippen MR) is 216 cm³/mol. The van der Waals surface area contributed by atoms with Gasteiger partial charge in [-0.25, -0.2) is 14.8 Å². The molecule has 15 heteroatoms. The zero-order valence-corrected chi connectivity index (χ0v) is 34.3. The standard InChI is InChI=1S/C41H50Cl2N8O5/c1-21(2)31(44-24(6)52)40(54)51-20-23(5)19-30(51)38-46-34(36(43)49-38)28-16-12-26(13-17-28)25-10-14-27(15-11-25)33-35(42)48-37(45-33)29-9-8-18-50(29)39(53)32(22(3)4)47-41(55)56-7/h10-17,21-23,29-32H,8-9,18-20H2,1-7H3,(H,44,52)(H,45,48)(H,46,49)(H,47,55). The number of methoxy groups -OCH3 is 1. The molecule has 0 aliphatic carbocycles. The fourth-order valence-corrected chi connectivity index (χ4v) is 8.23. The Morgan fingerprint density at radius 3 is 1.70 bits per heavy atom. The van der Waals surface area contributed by atoms with Crippen LogP contribution < -0.4 is 10.6 Å². The first-order valence-corrected chi connectivity index (χ1v) is 19.9. The van der Waals surface area contributed by atoms with E-state index in [1.807, 2.05) is 81.1 Å². The van der Waals surface area contributed by atoms with Gasteiger partial charge in [-0.3, -0.25) is 14.4 Å². The maximum atomic E-state index is 13.7. The summed E-state index contributed by atoms with van der Waals surface area (Å²) in [4.78, 5) is 70.8. The van der Waals surface area contributed by atoms with Crippen molar-refractivity contribution in [3.63, 3.8) is 0 Å². The van der Waals surface area contributed by atoms with Crippen molar-refractivity contribution in [1.29, 1.82) is 0 Å². The lowest BCUT2D eigenvalue weighted by Gasteiger charge is -2.30. The number of rotatable bonds is 11. The number of nitrogens with one attached hydrogen (secondary N) is 4. The maximum Gasteiger partial charge on any atom is 0.407 e. The quantitative estimate of drug-likeness (QED) is 0.122. The number of imidazole rings is 2. The number of hydrogen-bond acceptors (Lipinski definition) is 7. The molecule has 6 rings (SSSR count). The molecule has 5 unspecified atom stereocenters. The van der Waals surface area contributed by atoms with Crippen molar-refractivity contribution >= 4 is 47.0 Å². The minimum atomic E-state index is -0.729. The average Bonchev–Trinajstić information content (AvgIpc) is 3.98. The van der Waals surface area contributed by atoms with E-state index in [1.165, 1.54) is 14.0 Å². The van der Waals surface area contributed by atoms with Gasteiger partial charge in [-0.1, -0.05) is 106 Å². The summed E-state index contributed by atoms with van der Waals surface area (Å²) >= 11 is 13.4. The molecule has 2 aromatic heterocycles. The van der Waals surface area contributed by atoms with E-state index in [4.69, 9.17) is 37.9 Å². The topological polar surface area (TPSA) is 165 Å². The van der Waals surface area contributed by atoms with Gasteiger partial charge in [0.15, 0.2) is 0 Å². The number of alkyl carbamates (subject to hydrolysis) is 1. The summed E-state index contributed by atoms with van der Waals surface area (Å²) in [6.07, 6.45) is 1.60. The Balaban J connectivity index is 1.16. The molecular weight excluding hydrogens is 755 g/mol. The minimum Gasteiger partial charge on any atom is -0.453 e. The monoisotopic (exact) mass is 804 g/mol. The third-order valence-corrected chi connectivity index (χ3v) is 11.2. The number of likely N-dealkylation sites (tertiary alicyclic amines) is 2. The van der Waals surface area contributed by atoms with E-state index in [0.29, 0.717) is 52.9 Å². The van der Waals surface area contributed by atoms with Crippen LogP contribution in [0.15, 0.2) is 48.5 Å². The third kappa shape index (κ3) is 8.58. The fourth-order valence-electron chi connectivity index (χ4n) is 7.73. The lowest BCUT2D eigenvalue weighted by molar-refractivity contribution is -0.138. The lowest BCUT2D eigenvalue weighted by atomic mass is 10.0. The molecule has 4 heterocycles. The number of aromatic amines is 2. The fraction of sp³-hybridized carbons (Fsp3) is 0.463. The summed E-state index contributed by atoms with van der Waals surface area (Å²) in [6.45, 7) is 12.2. The first-order chi connectivity index (χ1) is 26.7. The van der Waals surface area contributed by atoms with Crippen molar-refractivity contribution in [2.45, 2.75) is 85.0 Å². The largest absolute Gasteiger partial charge is 0.453 e. The number of amides is 4. The van der Waals surface area contributed by atoms with Gasteiger partial charge < -0.3 is 35.1 Å². The second kappa shape index (κ2) is 17.1. The Labute approximate surface area is 337 Å². The highest BCUT2D eigenvalue weighted by Crippen LogP contribution is 2.39. The number of H-pyrrole nitrogens is 2. The van der Waals surface area contributed by atoms with E-state index in [1.54, 1.807) is 4.90 Å². The van der Waals surface area contributed by atoms with Gasteiger partial charge >= 0.3 is 6.09 Å². The van der Waals surface area contributed by atoms with Crippen molar-refractivity contribution in [1.82, 2.24) is 40.4 Å². The average molecular weight is 806 g/mol. The van der Waals surface area contributed by atoms with E-state index in [2.05, 4.69) is 27.5 Å². The molecule has 5 atom stereocenters. The molecule has 2 aliphatic heterocycles. The van der Waals surface area contributed by atoms with Gasteiger partial charge in [-0.2, -0.15) is 0 Å². The van der Waals surface area contributed by atoms with Crippen LogP contribution in [0.3, 0.4) is 0 Å². The van der Waals surface area contributed by atoms with E-state index in [9.17, 15) is 19.2 Å². The predicted octanol–water partition coefficient (Wildman–Crippen LogP) is 7.55. The van der Waals surface area contributed by atoms with Crippen LogP contribution in [0.4, 0.5) is 4.79 Å². The van der Waals surface area contributed by atoms with Crippen LogP contribution in [0, 0.1) is 17.8 Å². The molecule has 2 fully saturated rings. The first-order valence-electron chi connectivity index (χ1n) is 19.1. The molecule has 4 amide bonds. The molecule has 0 bridgehead atoms. The number of carbonyl (C=O) groups excluding carboxylic acids is 4. The summed E-state index contributed by atoms with van der Waals surface area (Å²) in [6, 6.07) is 13.9. The Hall–Kier alpha value is -4.88. The zero-order chi connectivity index (χ0) is 40.4. The molecule has 2 aromatic carbocycles. The van der Waals surface area contributed by atoms with E-state index < -0.39 is 18.2 Å². The first kappa shape index (κ1) is 40.8. The van der Waals surface area contributed by atoms with Crippen LogP contribution >= 0.6 is 23.2 Å². The molecule has 13 nitrogen and oxygen atoms in total. The highest BCUT2D eigenvalue weighted by Gasteiger charge is 2.41. The number of nitrogens with zero attached hydrogens (tertiary/aromatic N) is 4. The van der Waals surface area contributed by atoms with Gasteiger partial charge in [0.2, 0.25) is 17.7 Å². The summed E-state index contributed by atoms with van der Waals surface area (Å²) in [7, 11) is 1.27. The van der Waals surface area contributed by atoms with Crippen LogP contribution in [-0.2, 0) is 19.1 Å². The molecule has 2 saturated heterocycles. The molecule has 0 radical (unpaired) electrons. The van der Waals surface area contributed by atoms with Gasteiger partial charge in [0, 0.05) is 31.1 Å². The van der Waals surface area contributed by atoms with Crippen molar-refractivity contribution in [3.8, 4) is 33.6 Å². The molecule has 4 aromatic rings. The van der Waals surface area contributed by atoms with Crippen molar-refractivity contribution in [2.24, 2.45) is 17.8 Å². The van der Waals surface area contributed by atoms with Crippen molar-refractivity contribution < 1.29 is 23.9 Å². The number of ether oxygens (including phenoxy) is 1. The highest BCUT2D eigenvalue weighted by atomic mass is 35.5. The summed E-state index contributed by atoms with van der Waals surface area (Å²) in [5, 5.41) is 6.27. The lowest BCUT2D eigenvalue weighted by Crippen LogP contribution is -2.51. The molecule has 0 spiro atoms. The molecule has 2 aliphatic rings. The second-order valence-electron chi connectivity index (χ2n) is 15.5. The summed E-state index contributed by atoms with van der Waals surface area (Å²) < 4.78 is 4.75. The van der Waals surface area contributed by atoms with Gasteiger partial charge in [0.25, 0.3) is 0 Å². The highest BCUT2D eigenvalue weighted by molar-refractivity contribution is 6.32. The van der Waals surface area contributed by atoms with Crippen molar-refractivity contribution in [2.75, 3.05) is 20.2 Å². The van der Waals surface area contributed by atoms with Crippen LogP contribution in [-0.4, -0.2) is 85.8 Å². The van der Waals surface area contributed by atoms with Crippen LogP contribution in [0.5, 0.6) is 0 Å². The number of hydrogen-bond donors (Lipinski definition) is 4. The molecule has 56 heavy (non-hydrogen) atoms. The van der Waals surface area contributed by atoms with Gasteiger partial charge in [0.1, 0.15) is 45.4 Å². The third-order valence-electron chi connectivity index (χ3n) is 10.6. The Morgan fingerprint density at radius 1 is 0.750 bits per heavy atom. The van der Waals surface area contributed by atoms with Crippen LogP contribution in [0.1, 0.15) is 84.5 Å². The Kier molecular flexibility index (Phi) is 12.4. The number of aromatic nitrogens is 4. The summed E-state index contributed by atoms with van der Waals surface area (Å²) in [5.41, 5.74) is 4.81. The second-order valence-corrected chi connectivity index (χ2v) is 16.3. The van der Waals surface area contributed by atoms with Gasteiger partial charge in [-0.05, 0) is 48.1 Å². The van der Waals surface area contributed by atoms with Gasteiger partial charge in [-0.15, -0.1) is 0 Å². The minimum absolute atomic E-state index is 0.0705. The molecule has 0 saturated carbocycles. The van der Waals surface area contributed by atoms with Crippen LogP contribution in [0.25, 0.3) is 33.6 Å². The Bertz CT molecular complexity index is 2060. The van der Waals surface area contributed by atoms with E-state index in [0.717, 1.165) is 35.1 Å². The normalized spacial score (nSPS) is 19.4.